The van der Waals surface area contributed by atoms with Crippen LogP contribution in [0.15, 0.2) is 4.99 Å². The number of hydrogen-bond acceptors (Lipinski definition) is 6. The van der Waals surface area contributed by atoms with Gasteiger partial charge in [0.2, 0.25) is 0 Å². The van der Waals surface area contributed by atoms with E-state index in [1.807, 2.05) is 11.7 Å². The van der Waals surface area contributed by atoms with Crippen LogP contribution in [0.3, 0.4) is 0 Å². The highest BCUT2D eigenvalue weighted by atomic mass is 127. The fourth-order valence-electron chi connectivity index (χ4n) is 3.86. The van der Waals surface area contributed by atoms with Gasteiger partial charge >= 0.3 is 0 Å². The van der Waals surface area contributed by atoms with E-state index >= 15 is 0 Å². The Bertz CT molecular complexity index is 644. The first-order valence-electron chi connectivity index (χ1n) is 10.4. The SMILES string of the molecule is CN=C(NCC(C)CN1CCN(C)CC1)NC1CCc2nc(COC)nn2C1.I. The summed E-state index contributed by atoms with van der Waals surface area (Å²) in [5, 5.41) is 11.6. The first-order valence-corrected chi connectivity index (χ1v) is 10.4. The highest BCUT2D eigenvalue weighted by molar-refractivity contribution is 14.0. The molecule has 3 rings (SSSR count). The number of fused-ring (bicyclic) bond motifs is 1. The number of guanidine groups is 1. The van der Waals surface area contributed by atoms with Crippen LogP contribution in [0.1, 0.15) is 25.0 Å². The fraction of sp³-hybridized carbons (Fsp3) is 0.842. The first kappa shape index (κ1) is 24.3. The van der Waals surface area contributed by atoms with E-state index in [-0.39, 0.29) is 24.0 Å². The highest BCUT2D eigenvalue weighted by Gasteiger charge is 2.22. The van der Waals surface area contributed by atoms with E-state index in [9.17, 15) is 0 Å². The third-order valence-corrected chi connectivity index (χ3v) is 5.52. The Morgan fingerprint density at radius 1 is 1.31 bits per heavy atom. The summed E-state index contributed by atoms with van der Waals surface area (Å²) in [5.41, 5.74) is 0. The highest BCUT2D eigenvalue weighted by Crippen LogP contribution is 2.13. The van der Waals surface area contributed by atoms with E-state index in [1.165, 1.54) is 26.2 Å². The molecule has 1 aromatic heterocycles. The van der Waals surface area contributed by atoms with Crippen LogP contribution in [0.25, 0.3) is 0 Å². The van der Waals surface area contributed by atoms with Gasteiger partial charge in [0.15, 0.2) is 11.8 Å². The lowest BCUT2D eigenvalue weighted by Crippen LogP contribution is -2.49. The smallest absolute Gasteiger partial charge is 0.191 e. The van der Waals surface area contributed by atoms with Crippen molar-refractivity contribution >= 4 is 29.9 Å². The molecule has 10 heteroatoms. The molecule has 1 saturated heterocycles. The van der Waals surface area contributed by atoms with E-state index < -0.39 is 0 Å². The molecule has 0 aromatic carbocycles. The number of hydrogen-bond donors (Lipinski definition) is 2. The monoisotopic (exact) mass is 520 g/mol. The van der Waals surface area contributed by atoms with E-state index in [1.54, 1.807) is 7.11 Å². The van der Waals surface area contributed by atoms with E-state index in [0.717, 1.165) is 50.1 Å². The molecule has 0 aliphatic carbocycles. The second-order valence-corrected chi connectivity index (χ2v) is 8.10. The Balaban J connectivity index is 0.00000300. The van der Waals surface area contributed by atoms with Crippen LogP contribution in [-0.2, 0) is 24.3 Å². The van der Waals surface area contributed by atoms with Gasteiger partial charge in [-0.15, -0.1) is 24.0 Å². The van der Waals surface area contributed by atoms with Crippen molar-refractivity contribution in [1.82, 2.24) is 35.2 Å². The largest absolute Gasteiger partial charge is 0.377 e. The van der Waals surface area contributed by atoms with Crippen LogP contribution in [0, 0.1) is 5.92 Å². The molecule has 29 heavy (non-hydrogen) atoms. The number of aliphatic imine (C=N–C) groups is 1. The maximum Gasteiger partial charge on any atom is 0.191 e. The van der Waals surface area contributed by atoms with Crippen molar-refractivity contribution in [2.24, 2.45) is 10.9 Å². The molecule has 0 radical (unpaired) electrons. The van der Waals surface area contributed by atoms with Gasteiger partial charge in [-0.3, -0.25) is 4.99 Å². The summed E-state index contributed by atoms with van der Waals surface area (Å²) in [7, 11) is 5.70. The summed E-state index contributed by atoms with van der Waals surface area (Å²) >= 11 is 0. The maximum absolute atomic E-state index is 5.14. The van der Waals surface area contributed by atoms with Crippen LogP contribution in [0.2, 0.25) is 0 Å². The number of ether oxygens (including phenoxy) is 1. The molecule has 2 unspecified atom stereocenters. The van der Waals surface area contributed by atoms with Crippen molar-refractivity contribution in [2.45, 2.75) is 39.0 Å². The van der Waals surface area contributed by atoms with E-state index in [0.29, 0.717) is 18.6 Å². The lowest BCUT2D eigenvalue weighted by Gasteiger charge is -2.34. The molecule has 1 aromatic rings. The van der Waals surface area contributed by atoms with Gasteiger partial charge in [-0.25, -0.2) is 9.67 Å². The summed E-state index contributed by atoms with van der Waals surface area (Å²) in [5.74, 6) is 3.26. The van der Waals surface area contributed by atoms with Crippen LogP contribution in [-0.4, -0.2) is 97.0 Å². The van der Waals surface area contributed by atoms with E-state index in [4.69, 9.17) is 4.74 Å². The third kappa shape index (κ3) is 7.34. The minimum atomic E-state index is 0. The van der Waals surface area contributed by atoms with Gasteiger partial charge in [-0.1, -0.05) is 6.92 Å². The molecule has 0 amide bonds. The lowest BCUT2D eigenvalue weighted by atomic mass is 10.1. The quantitative estimate of drug-likeness (QED) is 0.306. The predicted octanol–water partition coefficient (Wildman–Crippen LogP) is 0.406. The molecule has 2 N–H and O–H groups in total. The number of rotatable bonds is 7. The zero-order valence-electron chi connectivity index (χ0n) is 18.2. The van der Waals surface area contributed by atoms with Gasteiger partial charge in [0.1, 0.15) is 12.4 Å². The number of likely N-dealkylation sites (N-methyl/N-ethyl adjacent to an activating group) is 1. The van der Waals surface area contributed by atoms with Crippen molar-refractivity contribution < 1.29 is 4.74 Å². The van der Waals surface area contributed by atoms with Crippen molar-refractivity contribution in [2.75, 3.05) is 60.5 Å². The minimum absolute atomic E-state index is 0. The Hall–Kier alpha value is -0.980. The van der Waals surface area contributed by atoms with Gasteiger partial charge < -0.3 is 25.2 Å². The van der Waals surface area contributed by atoms with Crippen LogP contribution >= 0.6 is 24.0 Å². The summed E-state index contributed by atoms with van der Waals surface area (Å²) in [6, 6.07) is 0.309. The number of aryl methyl sites for hydroxylation is 1. The summed E-state index contributed by atoms with van der Waals surface area (Å²) < 4.78 is 7.14. The van der Waals surface area contributed by atoms with Gasteiger partial charge in [-0.05, 0) is 19.4 Å². The van der Waals surface area contributed by atoms with E-state index in [2.05, 4.69) is 49.5 Å². The average Bonchev–Trinajstić information content (AvgIpc) is 3.09. The molecular formula is C19H37IN8O. The Morgan fingerprint density at radius 3 is 2.76 bits per heavy atom. The first-order chi connectivity index (χ1) is 13.6. The zero-order chi connectivity index (χ0) is 19.9. The Morgan fingerprint density at radius 2 is 2.07 bits per heavy atom. The van der Waals surface area contributed by atoms with Crippen molar-refractivity contribution in [3.63, 3.8) is 0 Å². The zero-order valence-corrected chi connectivity index (χ0v) is 20.6. The standard InChI is InChI=1S/C19H36N8O.HI/c1-15(12-26-9-7-25(3)8-10-26)11-21-19(20-2)22-16-5-6-18-23-17(14-28-4)24-27(18)13-16;/h15-16H,5-14H2,1-4H3,(H2,20,21,22);1H. The van der Waals surface area contributed by atoms with Gasteiger partial charge in [-0.2, -0.15) is 5.10 Å². The number of piperazine rings is 1. The molecular weight excluding hydrogens is 483 g/mol. The van der Waals surface area contributed by atoms with Crippen molar-refractivity contribution in [3.8, 4) is 0 Å². The molecule has 1 fully saturated rings. The Kier molecular flexibility index (Phi) is 10.1. The number of aromatic nitrogens is 3. The van der Waals surface area contributed by atoms with Crippen LogP contribution < -0.4 is 10.6 Å². The molecule has 0 spiro atoms. The molecule has 3 heterocycles. The third-order valence-electron chi connectivity index (χ3n) is 5.52. The van der Waals surface area contributed by atoms with Crippen LogP contribution in [0.4, 0.5) is 0 Å². The van der Waals surface area contributed by atoms with Crippen molar-refractivity contribution in [3.05, 3.63) is 11.6 Å². The molecule has 9 nitrogen and oxygen atoms in total. The van der Waals surface area contributed by atoms with Gasteiger partial charge in [0, 0.05) is 65.9 Å². The number of halogens is 1. The summed E-state index contributed by atoms with van der Waals surface area (Å²) in [6.07, 6.45) is 1.95. The van der Waals surface area contributed by atoms with Gasteiger partial charge in [0.05, 0.1) is 6.54 Å². The predicted molar refractivity (Wildman–Crippen MR) is 126 cm³/mol. The molecule has 166 valence electrons. The number of nitrogens with zero attached hydrogens (tertiary/aromatic N) is 6. The second-order valence-electron chi connectivity index (χ2n) is 8.10. The van der Waals surface area contributed by atoms with Crippen LogP contribution in [0.5, 0.6) is 0 Å². The fourth-order valence-corrected chi connectivity index (χ4v) is 3.86. The number of methoxy groups -OCH3 is 1. The maximum atomic E-state index is 5.14. The van der Waals surface area contributed by atoms with Crippen molar-refractivity contribution in [1.29, 1.82) is 0 Å². The second kappa shape index (κ2) is 12.0. The molecule has 2 aliphatic heterocycles. The molecule has 2 aliphatic rings. The minimum Gasteiger partial charge on any atom is -0.377 e. The average molecular weight is 520 g/mol. The summed E-state index contributed by atoms with van der Waals surface area (Å²) in [6.45, 7) is 10.3. The Labute approximate surface area is 191 Å². The molecule has 0 bridgehead atoms. The number of nitrogens with one attached hydrogen (secondary N) is 2. The topological polar surface area (TPSA) is 82.8 Å². The molecule has 0 saturated carbocycles. The molecule has 2 atom stereocenters. The lowest BCUT2D eigenvalue weighted by molar-refractivity contribution is 0.139. The summed E-state index contributed by atoms with van der Waals surface area (Å²) in [4.78, 5) is 13.9. The normalized spacial score (nSPS) is 21.9. The van der Waals surface area contributed by atoms with Gasteiger partial charge in [0.25, 0.3) is 0 Å².